The fraction of sp³-hybridized carbons (Fsp3) is 0.154. The van der Waals surface area contributed by atoms with Crippen LogP contribution in [0.25, 0.3) is 11.3 Å². The number of imidazole rings is 1. The van der Waals surface area contributed by atoms with Crippen LogP contribution in [0.3, 0.4) is 0 Å². The van der Waals surface area contributed by atoms with E-state index in [-0.39, 0.29) is 12.2 Å². The molecule has 0 atom stereocenters. The second kappa shape index (κ2) is 12.0. The Balaban J connectivity index is 1.69. The summed E-state index contributed by atoms with van der Waals surface area (Å²) in [6.07, 6.45) is 1.10. The van der Waals surface area contributed by atoms with E-state index >= 15 is 0 Å². The number of rotatable bonds is 10. The minimum Gasteiger partial charge on any atom is -0.465 e. The number of carbonyl (C=O) groups is 1. The van der Waals surface area contributed by atoms with Gasteiger partial charge in [0, 0.05) is 10.7 Å². The van der Waals surface area contributed by atoms with Crippen LogP contribution >= 0.6 is 23.5 Å². The van der Waals surface area contributed by atoms with Crippen LogP contribution in [0.15, 0.2) is 88.3 Å². The molecule has 0 aliphatic heterocycles. The highest BCUT2D eigenvalue weighted by Crippen LogP contribution is 2.53. The molecule has 1 heterocycles. The van der Waals surface area contributed by atoms with Gasteiger partial charge in [-0.15, -0.1) is 9.46 Å². The maximum Gasteiger partial charge on any atom is 0.399 e. The molecular weight excluding hydrogens is 585 g/mol. The van der Waals surface area contributed by atoms with Crippen molar-refractivity contribution in [2.24, 2.45) is 0 Å². The molecule has 0 N–H and O–H groups in total. The zero-order chi connectivity index (χ0) is 27.3. The average Bonchev–Trinajstić information content (AvgIpc) is 3.24. The Morgan fingerprint density at radius 3 is 2.24 bits per heavy atom. The van der Waals surface area contributed by atoms with E-state index in [0.717, 1.165) is 11.1 Å². The van der Waals surface area contributed by atoms with Crippen molar-refractivity contribution in [3.63, 3.8) is 0 Å². The summed E-state index contributed by atoms with van der Waals surface area (Å²) >= 11 is 3.31. The van der Waals surface area contributed by atoms with Gasteiger partial charge >= 0.3 is 19.3 Å². The van der Waals surface area contributed by atoms with Crippen molar-refractivity contribution in [1.29, 1.82) is 0 Å². The van der Waals surface area contributed by atoms with Crippen LogP contribution in [0.2, 0.25) is 0 Å². The fourth-order valence-electron chi connectivity index (χ4n) is 3.97. The summed E-state index contributed by atoms with van der Waals surface area (Å²) in [6, 6.07) is 21.1. The van der Waals surface area contributed by atoms with Gasteiger partial charge in [-0.2, -0.15) is 0 Å². The second-order valence-corrected chi connectivity index (χ2v) is 11.1. The van der Waals surface area contributed by atoms with Gasteiger partial charge in [0.1, 0.15) is 0 Å². The lowest BCUT2D eigenvalue weighted by atomic mass is 10.1. The molecule has 1 aromatic heterocycles. The number of halogens is 3. The Hall–Kier alpha value is -3.37. The van der Waals surface area contributed by atoms with Gasteiger partial charge in [-0.3, -0.25) is 13.7 Å². The van der Waals surface area contributed by atoms with Crippen molar-refractivity contribution in [3.8, 4) is 11.3 Å². The number of methoxy groups -OCH3 is 1. The lowest BCUT2D eigenvalue weighted by Gasteiger charge is -2.10. The summed E-state index contributed by atoms with van der Waals surface area (Å²) in [4.78, 5) is 25.3. The van der Waals surface area contributed by atoms with Crippen LogP contribution in [-0.2, 0) is 38.0 Å². The van der Waals surface area contributed by atoms with E-state index in [1.165, 1.54) is 17.7 Å². The van der Waals surface area contributed by atoms with Crippen LogP contribution < -0.4 is 5.69 Å². The number of ether oxygens (including phenoxy) is 1. The number of hydrogen-bond acceptors (Lipinski definition) is 6. The molecule has 198 valence electrons. The average molecular weight is 607 g/mol. The Labute approximate surface area is 224 Å². The molecule has 0 bridgehead atoms. The summed E-state index contributed by atoms with van der Waals surface area (Å²) in [7, 11) is -3.25. The van der Waals surface area contributed by atoms with E-state index in [1.54, 1.807) is 47.2 Å². The van der Waals surface area contributed by atoms with Gasteiger partial charge in [0.05, 0.1) is 37.6 Å². The summed E-state index contributed by atoms with van der Waals surface area (Å²) in [5, 5.41) is 0. The Morgan fingerprint density at radius 1 is 0.947 bits per heavy atom. The SMILES string of the molecule is COC(=O)c1ccc(-c2cn(Cc3ccc(CP(=O)(OF)OF)c(Br)c3)c(=O)n2Cc2ccccc2)cc1. The minimum atomic E-state index is -4.55. The summed E-state index contributed by atoms with van der Waals surface area (Å²) in [5.41, 5.74) is 3.43. The predicted molar refractivity (Wildman–Crippen MR) is 140 cm³/mol. The Morgan fingerprint density at radius 2 is 1.63 bits per heavy atom. The van der Waals surface area contributed by atoms with Gasteiger partial charge in [-0.05, 0) is 49.5 Å². The predicted octanol–water partition coefficient (Wildman–Crippen LogP) is 6.46. The molecule has 4 rings (SSSR count). The number of nitrogens with zero attached hydrogens (tertiary/aromatic N) is 2. The van der Waals surface area contributed by atoms with Crippen molar-refractivity contribution < 1.29 is 32.6 Å². The van der Waals surface area contributed by atoms with Crippen LogP contribution in [-0.4, -0.2) is 22.2 Å². The van der Waals surface area contributed by atoms with E-state index in [0.29, 0.717) is 33.4 Å². The first-order chi connectivity index (χ1) is 18.3. The first kappa shape index (κ1) is 27.7. The molecule has 0 fully saturated rings. The van der Waals surface area contributed by atoms with Crippen LogP contribution in [0.1, 0.15) is 27.0 Å². The molecular formula is C26H22BrF2N2O6P. The highest BCUT2D eigenvalue weighted by atomic mass is 79.9. The Bertz CT molecular complexity index is 1530. The van der Waals surface area contributed by atoms with Gasteiger partial charge < -0.3 is 4.74 Å². The molecule has 0 saturated heterocycles. The minimum absolute atomic E-state index is 0.184. The normalized spacial score (nSPS) is 11.5. The number of benzene rings is 3. The highest BCUT2D eigenvalue weighted by molar-refractivity contribution is 9.10. The third-order valence-electron chi connectivity index (χ3n) is 5.88. The van der Waals surface area contributed by atoms with Crippen LogP contribution in [0.5, 0.6) is 0 Å². The topological polar surface area (TPSA) is 88.8 Å². The molecule has 0 aliphatic carbocycles. The molecule has 38 heavy (non-hydrogen) atoms. The zero-order valence-corrected chi connectivity index (χ0v) is 22.5. The molecule has 12 heteroatoms. The number of hydrogen-bond donors (Lipinski definition) is 0. The lowest BCUT2D eigenvalue weighted by Crippen LogP contribution is -2.25. The standard InChI is InChI=1S/C26H22BrF2N2O6P/c1-35-25(32)21-11-9-20(10-12-21)24-16-30(26(33)31(24)15-18-5-3-2-4-6-18)14-19-7-8-22(23(27)13-19)17-38(34,36-28)37-29/h2-13,16H,14-15,17H2,1H3. The smallest absolute Gasteiger partial charge is 0.399 e. The summed E-state index contributed by atoms with van der Waals surface area (Å²) in [6.45, 7) is 0.509. The molecule has 0 saturated carbocycles. The van der Waals surface area contributed by atoms with E-state index < -0.39 is 19.7 Å². The van der Waals surface area contributed by atoms with E-state index in [4.69, 9.17) is 4.74 Å². The third kappa shape index (κ3) is 6.19. The maximum absolute atomic E-state index is 13.5. The van der Waals surface area contributed by atoms with E-state index in [9.17, 15) is 23.2 Å². The lowest BCUT2D eigenvalue weighted by molar-refractivity contribution is -0.0881. The molecule has 8 nitrogen and oxygen atoms in total. The summed E-state index contributed by atoms with van der Waals surface area (Å²) in [5.74, 6) is -0.461. The first-order valence-corrected chi connectivity index (χ1v) is 13.8. The second-order valence-electron chi connectivity index (χ2n) is 8.40. The molecule has 0 aliphatic rings. The largest absolute Gasteiger partial charge is 0.465 e. The quantitative estimate of drug-likeness (QED) is 0.152. The van der Waals surface area contributed by atoms with Gasteiger partial charge in [-0.1, -0.05) is 70.5 Å². The van der Waals surface area contributed by atoms with Gasteiger partial charge in [0.15, 0.2) is 0 Å². The van der Waals surface area contributed by atoms with Crippen molar-refractivity contribution in [1.82, 2.24) is 9.13 Å². The Kier molecular flexibility index (Phi) is 8.73. The highest BCUT2D eigenvalue weighted by Gasteiger charge is 2.29. The van der Waals surface area contributed by atoms with E-state index in [2.05, 4.69) is 25.4 Å². The number of carbonyl (C=O) groups excluding carboxylic acids is 1. The summed E-state index contributed by atoms with van der Waals surface area (Å²) < 4.78 is 51.5. The molecule has 3 aromatic carbocycles. The monoisotopic (exact) mass is 606 g/mol. The molecule has 0 amide bonds. The molecule has 0 spiro atoms. The van der Waals surface area contributed by atoms with Crippen molar-refractivity contribution >= 4 is 29.5 Å². The van der Waals surface area contributed by atoms with Crippen molar-refractivity contribution in [2.45, 2.75) is 19.3 Å². The first-order valence-electron chi connectivity index (χ1n) is 11.3. The van der Waals surface area contributed by atoms with Gasteiger partial charge in [0.25, 0.3) is 0 Å². The number of aromatic nitrogens is 2. The number of esters is 1. The van der Waals surface area contributed by atoms with Crippen LogP contribution in [0.4, 0.5) is 9.05 Å². The van der Waals surface area contributed by atoms with Gasteiger partial charge in [-0.25, -0.2) is 9.59 Å². The van der Waals surface area contributed by atoms with Crippen molar-refractivity contribution in [3.05, 3.63) is 116 Å². The van der Waals surface area contributed by atoms with Crippen molar-refractivity contribution in [2.75, 3.05) is 7.11 Å². The molecule has 0 unspecified atom stereocenters. The fourth-order valence-corrected chi connectivity index (χ4v) is 5.57. The maximum atomic E-state index is 13.5. The third-order valence-corrected chi connectivity index (χ3v) is 7.76. The molecule has 0 radical (unpaired) electrons. The zero-order valence-electron chi connectivity index (χ0n) is 20.1. The molecule has 4 aromatic rings. The van der Waals surface area contributed by atoms with E-state index in [1.807, 2.05) is 30.3 Å². The van der Waals surface area contributed by atoms with Crippen LogP contribution in [0, 0.1) is 0 Å². The van der Waals surface area contributed by atoms with Gasteiger partial charge in [0.2, 0.25) is 0 Å².